The first kappa shape index (κ1) is 22.0. The molecule has 7 heteroatoms. The highest BCUT2D eigenvalue weighted by Gasteiger charge is 2.27. The van der Waals surface area contributed by atoms with Crippen LogP contribution in [0.2, 0.25) is 0 Å². The molecular formula is C23H28N2O4S. The fraction of sp³-hybridized carbons (Fsp3) is 0.391. The van der Waals surface area contributed by atoms with Crippen molar-refractivity contribution in [1.29, 1.82) is 0 Å². The van der Waals surface area contributed by atoms with Crippen LogP contribution in [0.15, 0.2) is 53.4 Å². The lowest BCUT2D eigenvalue weighted by Crippen LogP contribution is -2.53. The molecule has 0 aromatic heterocycles. The first-order chi connectivity index (χ1) is 14.4. The van der Waals surface area contributed by atoms with E-state index in [1.165, 1.54) is 11.3 Å². The zero-order valence-corrected chi connectivity index (χ0v) is 18.5. The molecule has 1 fully saturated rings. The van der Waals surface area contributed by atoms with Crippen LogP contribution < -0.4 is 4.90 Å². The van der Waals surface area contributed by atoms with E-state index in [9.17, 15) is 13.8 Å². The zero-order valence-electron chi connectivity index (χ0n) is 17.7. The average Bonchev–Trinajstić information content (AvgIpc) is 2.73. The third kappa shape index (κ3) is 5.27. The van der Waals surface area contributed by atoms with E-state index in [1.54, 1.807) is 31.2 Å². The van der Waals surface area contributed by atoms with Gasteiger partial charge in [-0.25, -0.2) is 0 Å². The number of anilines is 1. The van der Waals surface area contributed by atoms with E-state index < -0.39 is 16.8 Å². The van der Waals surface area contributed by atoms with Crippen molar-refractivity contribution in [3.05, 3.63) is 59.7 Å². The molecule has 0 aliphatic carbocycles. The molecule has 1 heterocycles. The molecule has 1 unspecified atom stereocenters. The molecule has 0 spiro atoms. The number of hydrogen-bond donors (Lipinski definition) is 0. The van der Waals surface area contributed by atoms with Gasteiger partial charge >= 0.3 is 5.97 Å². The second-order valence-electron chi connectivity index (χ2n) is 7.45. The number of carbonyl (C=O) groups excluding carboxylic acids is 2. The molecule has 0 saturated carbocycles. The van der Waals surface area contributed by atoms with E-state index in [2.05, 4.69) is 43.0 Å². The van der Waals surface area contributed by atoms with Gasteiger partial charge < -0.3 is 14.5 Å². The molecular weight excluding hydrogens is 400 g/mol. The van der Waals surface area contributed by atoms with Crippen LogP contribution in [-0.2, 0) is 20.3 Å². The molecule has 0 radical (unpaired) electrons. The van der Waals surface area contributed by atoms with Crippen LogP contribution in [0.4, 0.5) is 5.69 Å². The maximum atomic E-state index is 12.9. The van der Waals surface area contributed by atoms with Gasteiger partial charge in [0, 0.05) is 41.8 Å². The van der Waals surface area contributed by atoms with Crippen molar-refractivity contribution in [3.63, 3.8) is 0 Å². The van der Waals surface area contributed by atoms with Gasteiger partial charge in [0.2, 0.25) is 0 Å². The maximum Gasteiger partial charge on any atom is 0.318 e. The zero-order chi connectivity index (χ0) is 21.7. The number of hydrogen-bond acceptors (Lipinski definition) is 5. The molecule has 0 N–H and O–H groups in total. The normalized spacial score (nSPS) is 17.5. The van der Waals surface area contributed by atoms with E-state index in [-0.39, 0.29) is 24.3 Å². The molecule has 1 aliphatic rings. The number of aryl methyl sites for hydroxylation is 1. The van der Waals surface area contributed by atoms with Crippen molar-refractivity contribution < 1.29 is 18.5 Å². The number of nitrogens with zero attached hydrogens (tertiary/aromatic N) is 2. The highest BCUT2D eigenvalue weighted by molar-refractivity contribution is 7.85. The topological polar surface area (TPSA) is 66.9 Å². The minimum Gasteiger partial charge on any atom is -0.465 e. The van der Waals surface area contributed by atoms with Crippen LogP contribution in [0, 0.1) is 6.92 Å². The van der Waals surface area contributed by atoms with Crippen molar-refractivity contribution in [1.82, 2.24) is 4.90 Å². The summed E-state index contributed by atoms with van der Waals surface area (Å²) < 4.78 is 17.1. The Hall–Kier alpha value is -2.67. The fourth-order valence-electron chi connectivity index (χ4n) is 3.66. The first-order valence-electron chi connectivity index (χ1n) is 10.2. The Morgan fingerprint density at radius 1 is 1.13 bits per heavy atom. The SMILES string of the molecule is CCOC(=O)CS(=O)c1ccc(C(=O)N2CCN(c3cccc(C)c3)[C@@H](C)C2)cc1. The second-order valence-corrected chi connectivity index (χ2v) is 8.90. The highest BCUT2D eigenvalue weighted by Crippen LogP contribution is 2.22. The number of amides is 1. The van der Waals surface area contributed by atoms with Crippen LogP contribution in [-0.4, -0.2) is 59.0 Å². The lowest BCUT2D eigenvalue weighted by molar-refractivity contribution is -0.139. The van der Waals surface area contributed by atoms with Gasteiger partial charge in [0.15, 0.2) is 0 Å². The summed E-state index contributed by atoms with van der Waals surface area (Å²) in [5, 5.41) is 0. The van der Waals surface area contributed by atoms with Gasteiger partial charge in [-0.2, -0.15) is 0 Å². The van der Waals surface area contributed by atoms with E-state index in [1.807, 2.05) is 4.90 Å². The number of esters is 1. The van der Waals surface area contributed by atoms with Crippen LogP contribution >= 0.6 is 0 Å². The Morgan fingerprint density at radius 3 is 2.50 bits per heavy atom. The van der Waals surface area contributed by atoms with Crippen LogP contribution in [0.3, 0.4) is 0 Å². The molecule has 2 atom stereocenters. The number of ether oxygens (including phenoxy) is 1. The summed E-state index contributed by atoms with van der Waals surface area (Å²) in [5.41, 5.74) is 2.96. The molecule has 2 aromatic rings. The molecule has 1 aliphatic heterocycles. The summed E-state index contributed by atoms with van der Waals surface area (Å²) in [7, 11) is -1.48. The fourth-order valence-corrected chi connectivity index (χ4v) is 4.56. The molecule has 1 amide bonds. The van der Waals surface area contributed by atoms with Gasteiger partial charge in [-0.1, -0.05) is 12.1 Å². The maximum absolute atomic E-state index is 12.9. The van der Waals surface area contributed by atoms with Gasteiger partial charge in [0.1, 0.15) is 5.75 Å². The van der Waals surface area contributed by atoms with Crippen molar-refractivity contribution >= 4 is 28.4 Å². The summed E-state index contributed by atoms with van der Waals surface area (Å²) >= 11 is 0. The van der Waals surface area contributed by atoms with E-state index in [0.29, 0.717) is 23.5 Å². The second kappa shape index (κ2) is 9.89. The summed E-state index contributed by atoms with van der Waals surface area (Å²) in [6.45, 7) is 8.25. The standard InChI is InChI=1S/C23H28N2O4S/c1-4-29-22(26)16-30(28)21-10-8-19(9-11-21)23(27)24-12-13-25(18(3)15-24)20-7-5-6-17(2)14-20/h5-11,14,18H,4,12-13,15-16H2,1-3H3/t18-,30?/m0/s1. The number of benzene rings is 2. The van der Waals surface area contributed by atoms with Crippen LogP contribution in [0.25, 0.3) is 0 Å². The van der Waals surface area contributed by atoms with Crippen molar-refractivity contribution in [2.24, 2.45) is 0 Å². The summed E-state index contributed by atoms with van der Waals surface area (Å²) in [6, 6.07) is 15.3. The van der Waals surface area contributed by atoms with Gasteiger partial charge in [-0.15, -0.1) is 0 Å². The Labute approximate surface area is 180 Å². The summed E-state index contributed by atoms with van der Waals surface area (Å²) in [6.07, 6.45) is 0. The van der Waals surface area contributed by atoms with Crippen LogP contribution in [0.5, 0.6) is 0 Å². The predicted molar refractivity (Wildman–Crippen MR) is 118 cm³/mol. The molecule has 30 heavy (non-hydrogen) atoms. The van der Waals surface area contributed by atoms with Gasteiger partial charge in [0.05, 0.1) is 17.4 Å². The lowest BCUT2D eigenvalue weighted by Gasteiger charge is -2.41. The smallest absolute Gasteiger partial charge is 0.318 e. The largest absolute Gasteiger partial charge is 0.465 e. The Morgan fingerprint density at radius 2 is 1.87 bits per heavy atom. The predicted octanol–water partition coefficient (Wildman–Crippen LogP) is 3.02. The quantitative estimate of drug-likeness (QED) is 0.662. The average molecular weight is 429 g/mol. The minimum atomic E-state index is -1.48. The molecule has 1 saturated heterocycles. The molecule has 3 rings (SSSR count). The molecule has 0 bridgehead atoms. The van der Waals surface area contributed by atoms with Gasteiger partial charge in [-0.3, -0.25) is 13.8 Å². The van der Waals surface area contributed by atoms with Gasteiger partial charge in [0.25, 0.3) is 5.91 Å². The van der Waals surface area contributed by atoms with Crippen molar-refractivity contribution in [2.75, 3.05) is 36.9 Å². The van der Waals surface area contributed by atoms with Gasteiger partial charge in [-0.05, 0) is 62.7 Å². The lowest BCUT2D eigenvalue weighted by atomic mass is 10.1. The Bertz CT molecular complexity index is 929. The van der Waals surface area contributed by atoms with E-state index in [4.69, 9.17) is 4.74 Å². The molecule has 160 valence electrons. The number of carbonyl (C=O) groups is 2. The summed E-state index contributed by atoms with van der Waals surface area (Å²) in [5.74, 6) is -0.704. The van der Waals surface area contributed by atoms with Crippen molar-refractivity contribution in [2.45, 2.75) is 31.7 Å². The van der Waals surface area contributed by atoms with Crippen LogP contribution in [0.1, 0.15) is 29.8 Å². The molecule has 6 nitrogen and oxygen atoms in total. The Kier molecular flexibility index (Phi) is 7.26. The third-order valence-electron chi connectivity index (χ3n) is 5.17. The molecule has 2 aromatic carbocycles. The number of piperazine rings is 1. The highest BCUT2D eigenvalue weighted by atomic mass is 32.2. The monoisotopic (exact) mass is 428 g/mol. The number of rotatable bonds is 6. The minimum absolute atomic E-state index is 0.0338. The van der Waals surface area contributed by atoms with E-state index >= 15 is 0 Å². The summed E-state index contributed by atoms with van der Waals surface area (Å²) in [4.78, 5) is 29.2. The van der Waals surface area contributed by atoms with Crippen molar-refractivity contribution in [3.8, 4) is 0 Å². The third-order valence-corrected chi connectivity index (χ3v) is 6.46. The Balaban J connectivity index is 1.62. The van der Waals surface area contributed by atoms with E-state index in [0.717, 1.165) is 6.54 Å². The first-order valence-corrected chi connectivity index (χ1v) is 11.5.